The molecular weight excluding hydrogens is 192 g/mol. The molecule has 0 unspecified atom stereocenters. The number of phenolic OH excluding ortho intramolecular Hbond substituents is 1. The number of nitrogens with one attached hydrogen (secondary N) is 1. The molecule has 0 aliphatic heterocycles. The Labute approximate surface area is 87.5 Å². The van der Waals surface area contributed by atoms with Gasteiger partial charge in [-0.05, 0) is 12.1 Å². The molecule has 2 aromatic rings. The highest BCUT2D eigenvalue weighted by Crippen LogP contribution is 2.37. The average Bonchev–Trinajstić information content (AvgIpc) is 2.30. The fraction of sp³-hybridized carbons (Fsp3) is 0.182. The number of fused-ring (bicyclic) bond motifs is 1. The van der Waals surface area contributed by atoms with Crippen molar-refractivity contribution in [2.24, 2.45) is 0 Å². The van der Waals surface area contributed by atoms with Gasteiger partial charge >= 0.3 is 0 Å². The molecule has 4 nitrogen and oxygen atoms in total. The molecule has 0 aliphatic rings. The Morgan fingerprint density at radius 3 is 2.93 bits per heavy atom. The summed E-state index contributed by atoms with van der Waals surface area (Å²) in [5, 5.41) is 13.8. The lowest BCUT2D eigenvalue weighted by atomic mass is 10.1. The molecule has 15 heavy (non-hydrogen) atoms. The van der Waals surface area contributed by atoms with Crippen molar-refractivity contribution in [3.63, 3.8) is 0 Å². The average molecular weight is 204 g/mol. The van der Waals surface area contributed by atoms with Gasteiger partial charge in [0.1, 0.15) is 5.52 Å². The van der Waals surface area contributed by atoms with Crippen molar-refractivity contribution in [3.05, 3.63) is 24.4 Å². The summed E-state index contributed by atoms with van der Waals surface area (Å²) >= 11 is 0. The standard InChI is InChI=1S/C11H12N2O2/c1-12-8-6-9(15-2)11(14)10-7(8)4-3-5-13-10/h3-6,12,14H,1-2H3. The van der Waals surface area contributed by atoms with Crippen molar-refractivity contribution >= 4 is 16.6 Å². The second kappa shape index (κ2) is 3.65. The zero-order chi connectivity index (χ0) is 10.8. The maximum Gasteiger partial charge on any atom is 0.184 e. The van der Waals surface area contributed by atoms with Crippen molar-refractivity contribution in [3.8, 4) is 11.5 Å². The predicted octanol–water partition coefficient (Wildman–Crippen LogP) is 1.99. The predicted molar refractivity (Wildman–Crippen MR) is 59.5 cm³/mol. The largest absolute Gasteiger partial charge is 0.503 e. The number of benzene rings is 1. The first-order chi connectivity index (χ1) is 7.27. The number of methoxy groups -OCH3 is 1. The quantitative estimate of drug-likeness (QED) is 0.734. The third-order valence-electron chi connectivity index (χ3n) is 2.32. The number of aromatic hydroxyl groups is 1. The van der Waals surface area contributed by atoms with Crippen LogP contribution in [0, 0.1) is 0 Å². The summed E-state index contributed by atoms with van der Waals surface area (Å²) < 4.78 is 5.07. The zero-order valence-corrected chi connectivity index (χ0v) is 8.61. The number of ether oxygens (including phenoxy) is 1. The Bertz CT molecular complexity index is 497. The van der Waals surface area contributed by atoms with Crippen LogP contribution >= 0.6 is 0 Å². The monoisotopic (exact) mass is 204 g/mol. The molecule has 0 saturated heterocycles. The lowest BCUT2D eigenvalue weighted by Crippen LogP contribution is -1.93. The van der Waals surface area contributed by atoms with Gasteiger partial charge < -0.3 is 15.2 Å². The Morgan fingerprint density at radius 2 is 2.27 bits per heavy atom. The Balaban J connectivity index is 2.84. The molecule has 1 heterocycles. The maximum absolute atomic E-state index is 9.85. The minimum atomic E-state index is 0.0760. The topological polar surface area (TPSA) is 54.4 Å². The number of hydrogen-bond acceptors (Lipinski definition) is 4. The number of hydrogen-bond donors (Lipinski definition) is 2. The van der Waals surface area contributed by atoms with Crippen LogP contribution in [-0.2, 0) is 0 Å². The second-order valence-electron chi connectivity index (χ2n) is 3.12. The molecular formula is C11H12N2O2. The molecule has 4 heteroatoms. The van der Waals surface area contributed by atoms with Gasteiger partial charge in [-0.1, -0.05) is 0 Å². The van der Waals surface area contributed by atoms with Gasteiger partial charge in [-0.25, -0.2) is 0 Å². The van der Waals surface area contributed by atoms with E-state index in [1.807, 2.05) is 19.2 Å². The first-order valence-electron chi connectivity index (χ1n) is 4.60. The van der Waals surface area contributed by atoms with Crippen molar-refractivity contribution in [1.29, 1.82) is 0 Å². The summed E-state index contributed by atoms with van der Waals surface area (Å²) in [6, 6.07) is 5.47. The van der Waals surface area contributed by atoms with Crippen LogP contribution in [0.2, 0.25) is 0 Å². The van der Waals surface area contributed by atoms with Gasteiger partial charge in [-0.3, -0.25) is 4.98 Å². The van der Waals surface area contributed by atoms with Crippen LogP contribution in [0.4, 0.5) is 5.69 Å². The first kappa shape index (κ1) is 9.58. The Morgan fingerprint density at radius 1 is 1.47 bits per heavy atom. The maximum atomic E-state index is 9.85. The van der Waals surface area contributed by atoms with Crippen molar-refractivity contribution in [2.45, 2.75) is 0 Å². The van der Waals surface area contributed by atoms with Gasteiger partial charge in [0.2, 0.25) is 0 Å². The summed E-state index contributed by atoms with van der Waals surface area (Å²) in [5.74, 6) is 0.498. The minimum absolute atomic E-state index is 0.0760. The number of nitrogens with zero attached hydrogens (tertiary/aromatic N) is 1. The fourth-order valence-corrected chi connectivity index (χ4v) is 1.57. The van der Waals surface area contributed by atoms with Gasteiger partial charge in [-0.2, -0.15) is 0 Å². The molecule has 0 bridgehead atoms. The lowest BCUT2D eigenvalue weighted by Gasteiger charge is -2.10. The van der Waals surface area contributed by atoms with E-state index in [0.29, 0.717) is 11.3 Å². The van der Waals surface area contributed by atoms with Crippen molar-refractivity contribution < 1.29 is 9.84 Å². The Kier molecular flexibility index (Phi) is 2.33. The number of rotatable bonds is 2. The van der Waals surface area contributed by atoms with Crippen LogP contribution in [0.25, 0.3) is 10.9 Å². The molecule has 2 rings (SSSR count). The molecule has 0 aliphatic carbocycles. The number of phenols is 1. The van der Waals surface area contributed by atoms with Crippen LogP contribution in [-0.4, -0.2) is 24.2 Å². The number of aromatic nitrogens is 1. The highest BCUT2D eigenvalue weighted by molar-refractivity contribution is 5.97. The molecule has 0 atom stereocenters. The van der Waals surface area contributed by atoms with Gasteiger partial charge in [0.15, 0.2) is 11.5 Å². The zero-order valence-electron chi connectivity index (χ0n) is 8.61. The third-order valence-corrected chi connectivity index (χ3v) is 2.32. The van der Waals surface area contributed by atoms with Gasteiger partial charge in [-0.15, -0.1) is 0 Å². The number of anilines is 1. The van der Waals surface area contributed by atoms with Gasteiger partial charge in [0.05, 0.1) is 7.11 Å². The molecule has 0 fully saturated rings. The van der Waals surface area contributed by atoms with E-state index in [9.17, 15) is 5.11 Å². The molecule has 1 aromatic carbocycles. The van der Waals surface area contributed by atoms with Gasteiger partial charge in [0, 0.05) is 30.4 Å². The highest BCUT2D eigenvalue weighted by atomic mass is 16.5. The highest BCUT2D eigenvalue weighted by Gasteiger charge is 2.11. The van der Waals surface area contributed by atoms with E-state index < -0.39 is 0 Å². The van der Waals surface area contributed by atoms with Crippen LogP contribution in [0.3, 0.4) is 0 Å². The molecule has 0 spiro atoms. The van der Waals surface area contributed by atoms with Crippen molar-refractivity contribution in [1.82, 2.24) is 4.98 Å². The fourth-order valence-electron chi connectivity index (χ4n) is 1.57. The second-order valence-corrected chi connectivity index (χ2v) is 3.12. The molecule has 0 amide bonds. The lowest BCUT2D eigenvalue weighted by molar-refractivity contribution is 0.376. The van der Waals surface area contributed by atoms with E-state index >= 15 is 0 Å². The molecule has 0 radical (unpaired) electrons. The molecule has 2 N–H and O–H groups in total. The van der Waals surface area contributed by atoms with E-state index in [1.165, 1.54) is 7.11 Å². The van der Waals surface area contributed by atoms with E-state index in [1.54, 1.807) is 12.3 Å². The number of pyridine rings is 1. The molecule has 0 saturated carbocycles. The third kappa shape index (κ3) is 1.44. The van der Waals surface area contributed by atoms with Crippen LogP contribution < -0.4 is 10.1 Å². The summed E-state index contributed by atoms with van der Waals surface area (Å²) in [4.78, 5) is 4.13. The van der Waals surface area contributed by atoms with E-state index in [4.69, 9.17) is 4.74 Å². The SMILES string of the molecule is CNc1cc(OC)c(O)c2ncccc12. The normalized spacial score (nSPS) is 10.3. The molecule has 1 aromatic heterocycles. The smallest absolute Gasteiger partial charge is 0.184 e. The van der Waals surface area contributed by atoms with Crippen LogP contribution in [0.1, 0.15) is 0 Å². The van der Waals surface area contributed by atoms with Crippen LogP contribution in [0.15, 0.2) is 24.4 Å². The summed E-state index contributed by atoms with van der Waals surface area (Å²) in [6.07, 6.45) is 1.64. The summed E-state index contributed by atoms with van der Waals surface area (Å²) in [5.41, 5.74) is 1.42. The molecule has 78 valence electrons. The van der Waals surface area contributed by atoms with E-state index in [0.717, 1.165) is 11.1 Å². The van der Waals surface area contributed by atoms with E-state index in [2.05, 4.69) is 10.3 Å². The summed E-state index contributed by atoms with van der Waals surface area (Å²) in [7, 11) is 3.33. The van der Waals surface area contributed by atoms with Gasteiger partial charge in [0.25, 0.3) is 0 Å². The summed E-state index contributed by atoms with van der Waals surface area (Å²) in [6.45, 7) is 0. The Hall–Kier alpha value is -1.97. The first-order valence-corrected chi connectivity index (χ1v) is 4.60. The minimum Gasteiger partial charge on any atom is -0.503 e. The van der Waals surface area contributed by atoms with Crippen molar-refractivity contribution in [2.75, 3.05) is 19.5 Å². The van der Waals surface area contributed by atoms with E-state index in [-0.39, 0.29) is 5.75 Å². The van der Waals surface area contributed by atoms with Crippen LogP contribution in [0.5, 0.6) is 11.5 Å².